The first-order valence-electron chi connectivity index (χ1n) is 34.0. The summed E-state index contributed by atoms with van der Waals surface area (Å²) in [5, 5.41) is 14.1. The second-order valence-electron chi connectivity index (χ2n) is 24.5. The molecule has 78 heavy (non-hydrogen) atoms. The summed E-state index contributed by atoms with van der Waals surface area (Å²) in [5.74, 6) is -0.139. The predicted molar refractivity (Wildman–Crippen MR) is 341 cm³/mol. The summed E-state index contributed by atoms with van der Waals surface area (Å²) in [6.45, 7) is 4.83. The van der Waals surface area contributed by atoms with Gasteiger partial charge < -0.3 is 19.8 Å². The number of amides is 1. The molecule has 0 saturated carbocycles. The molecule has 3 N–H and O–H groups in total. The number of carbonyl (C=O) groups is 1. The summed E-state index contributed by atoms with van der Waals surface area (Å²) >= 11 is 0. The number of phosphoric ester groups is 1. The number of carbonyl (C=O) groups excluding carboxylic acids is 1. The van der Waals surface area contributed by atoms with Crippen molar-refractivity contribution in [3.8, 4) is 0 Å². The Morgan fingerprint density at radius 2 is 0.769 bits per heavy atom. The number of unbranched alkanes of at least 4 members (excludes halogenated alkanes) is 42. The van der Waals surface area contributed by atoms with Crippen molar-refractivity contribution in [1.82, 2.24) is 5.32 Å². The van der Waals surface area contributed by atoms with Crippen LogP contribution < -0.4 is 5.32 Å². The van der Waals surface area contributed by atoms with Crippen LogP contribution in [-0.4, -0.2) is 73.4 Å². The molecule has 0 aliphatic rings. The molecule has 8 nitrogen and oxygen atoms in total. The van der Waals surface area contributed by atoms with Crippen LogP contribution in [0.3, 0.4) is 0 Å². The maximum atomic E-state index is 13.1. The van der Waals surface area contributed by atoms with Gasteiger partial charge in [0.05, 0.1) is 39.9 Å². The van der Waals surface area contributed by atoms with Crippen molar-refractivity contribution in [3.05, 3.63) is 48.6 Å². The molecule has 0 aliphatic carbocycles. The highest BCUT2D eigenvalue weighted by atomic mass is 31.2. The topological polar surface area (TPSA) is 105 Å². The molecular formula is C69H134N2O6P+. The Bertz CT molecular complexity index is 1410. The zero-order valence-corrected chi connectivity index (χ0v) is 53.6. The second kappa shape index (κ2) is 60.1. The molecule has 0 spiro atoms. The van der Waals surface area contributed by atoms with E-state index >= 15 is 0 Å². The highest BCUT2D eigenvalue weighted by Crippen LogP contribution is 2.43. The Morgan fingerprint density at radius 3 is 1.13 bits per heavy atom. The largest absolute Gasteiger partial charge is 0.472 e. The van der Waals surface area contributed by atoms with Crippen molar-refractivity contribution in [1.29, 1.82) is 0 Å². The lowest BCUT2D eigenvalue weighted by Gasteiger charge is -2.26. The minimum Gasteiger partial charge on any atom is -0.391 e. The van der Waals surface area contributed by atoms with Gasteiger partial charge in [-0.15, -0.1) is 0 Å². The Kier molecular flexibility index (Phi) is 58.9. The number of quaternary nitrogens is 1. The Labute approximate surface area is 486 Å². The SMILES string of the molecule is CC/C=C\C/C=C\C/C=C\C/C=C\CCCCCCCCCCCCCCCCCCCCC(=O)NC(COP(=O)(O)OCC[N+](C)(C)C)C(O)CCCCCCCCCCCCCCCCCCCCCCCCCCC. The van der Waals surface area contributed by atoms with Gasteiger partial charge in [-0.3, -0.25) is 13.8 Å². The number of nitrogens with one attached hydrogen (secondary N) is 1. The Hall–Kier alpha value is -1.54. The number of phosphoric acid groups is 1. The molecule has 0 heterocycles. The van der Waals surface area contributed by atoms with Gasteiger partial charge in [-0.1, -0.05) is 326 Å². The number of hydrogen-bond acceptors (Lipinski definition) is 5. The molecule has 0 aromatic rings. The number of aliphatic hydroxyl groups excluding tert-OH is 1. The zero-order valence-electron chi connectivity index (χ0n) is 52.7. The molecule has 3 atom stereocenters. The fourth-order valence-corrected chi connectivity index (χ4v) is 11.1. The number of aliphatic hydroxyl groups is 1. The van der Waals surface area contributed by atoms with Crippen LogP contribution in [0.5, 0.6) is 0 Å². The first-order valence-corrected chi connectivity index (χ1v) is 35.5. The van der Waals surface area contributed by atoms with Crippen molar-refractivity contribution < 1.29 is 32.9 Å². The number of hydrogen-bond donors (Lipinski definition) is 3. The Morgan fingerprint density at radius 1 is 0.449 bits per heavy atom. The highest BCUT2D eigenvalue weighted by molar-refractivity contribution is 7.47. The molecule has 0 aliphatic heterocycles. The Balaban J connectivity index is 4.02. The van der Waals surface area contributed by atoms with Crippen molar-refractivity contribution in [3.63, 3.8) is 0 Å². The van der Waals surface area contributed by atoms with E-state index in [1.807, 2.05) is 21.1 Å². The third-order valence-corrected chi connectivity index (χ3v) is 16.6. The predicted octanol–water partition coefficient (Wildman–Crippen LogP) is 21.4. The molecule has 0 bridgehead atoms. The van der Waals surface area contributed by atoms with Crippen LogP contribution >= 0.6 is 7.82 Å². The highest BCUT2D eigenvalue weighted by Gasteiger charge is 2.28. The average Bonchev–Trinajstić information content (AvgIpc) is 3.41. The molecule has 0 radical (unpaired) electrons. The van der Waals surface area contributed by atoms with E-state index in [9.17, 15) is 19.4 Å². The van der Waals surface area contributed by atoms with Crippen molar-refractivity contribution in [2.24, 2.45) is 0 Å². The van der Waals surface area contributed by atoms with Gasteiger partial charge in [0.2, 0.25) is 5.91 Å². The smallest absolute Gasteiger partial charge is 0.391 e. The van der Waals surface area contributed by atoms with E-state index in [-0.39, 0.29) is 19.1 Å². The van der Waals surface area contributed by atoms with Gasteiger partial charge in [0, 0.05) is 6.42 Å². The summed E-state index contributed by atoms with van der Waals surface area (Å²) in [6.07, 6.45) is 80.6. The van der Waals surface area contributed by atoms with E-state index in [1.165, 1.54) is 244 Å². The van der Waals surface area contributed by atoms with Gasteiger partial charge in [-0.05, 0) is 51.4 Å². The van der Waals surface area contributed by atoms with Crippen molar-refractivity contribution in [2.75, 3.05) is 40.9 Å². The molecule has 1 amide bonds. The molecule has 0 aromatic heterocycles. The molecule has 0 saturated heterocycles. The van der Waals surface area contributed by atoms with E-state index in [2.05, 4.69) is 67.8 Å². The summed E-state index contributed by atoms with van der Waals surface area (Å²) < 4.78 is 23.9. The third-order valence-electron chi connectivity index (χ3n) is 15.6. The molecule has 0 aromatic carbocycles. The lowest BCUT2D eigenvalue weighted by atomic mass is 10.0. The van der Waals surface area contributed by atoms with Crippen molar-refractivity contribution >= 4 is 13.7 Å². The third kappa shape index (κ3) is 62.1. The van der Waals surface area contributed by atoms with Crippen LogP contribution in [0.2, 0.25) is 0 Å². The molecule has 0 fully saturated rings. The average molecular weight is 1120 g/mol. The number of likely N-dealkylation sites (N-methyl/N-ethyl adjacent to an activating group) is 1. The van der Waals surface area contributed by atoms with Gasteiger partial charge in [-0.25, -0.2) is 4.57 Å². The monoisotopic (exact) mass is 1120 g/mol. The minimum atomic E-state index is -4.33. The molecule has 3 unspecified atom stereocenters. The van der Waals surface area contributed by atoms with E-state index in [0.717, 1.165) is 64.2 Å². The summed E-state index contributed by atoms with van der Waals surface area (Å²) in [4.78, 5) is 23.4. The summed E-state index contributed by atoms with van der Waals surface area (Å²) in [5.41, 5.74) is 0. The number of rotatable bonds is 63. The van der Waals surface area contributed by atoms with E-state index < -0.39 is 20.0 Å². The number of allylic oxidation sites excluding steroid dienone is 8. The van der Waals surface area contributed by atoms with E-state index in [0.29, 0.717) is 23.9 Å². The van der Waals surface area contributed by atoms with Gasteiger partial charge in [-0.2, -0.15) is 0 Å². The fourth-order valence-electron chi connectivity index (χ4n) is 10.3. The maximum absolute atomic E-state index is 13.1. The van der Waals surface area contributed by atoms with Crippen molar-refractivity contribution in [2.45, 2.75) is 347 Å². The van der Waals surface area contributed by atoms with Gasteiger partial charge in [0.1, 0.15) is 13.2 Å². The fraction of sp³-hybridized carbons (Fsp3) is 0.870. The normalized spacial score (nSPS) is 14.0. The summed E-state index contributed by atoms with van der Waals surface area (Å²) in [7, 11) is 1.63. The van der Waals surface area contributed by atoms with Crippen LogP contribution in [0.25, 0.3) is 0 Å². The van der Waals surface area contributed by atoms with Crippen LogP contribution in [0.1, 0.15) is 335 Å². The first-order chi connectivity index (χ1) is 38.0. The quantitative estimate of drug-likeness (QED) is 0.0243. The second-order valence-corrected chi connectivity index (χ2v) is 26.0. The van der Waals surface area contributed by atoms with Crippen LogP contribution in [0.15, 0.2) is 48.6 Å². The molecular weight excluding hydrogens is 984 g/mol. The van der Waals surface area contributed by atoms with Crippen LogP contribution in [0.4, 0.5) is 0 Å². The van der Waals surface area contributed by atoms with E-state index in [1.54, 1.807) is 0 Å². The minimum absolute atomic E-state index is 0.0759. The first kappa shape index (κ1) is 76.5. The maximum Gasteiger partial charge on any atom is 0.472 e. The van der Waals surface area contributed by atoms with Crippen LogP contribution in [0, 0.1) is 0 Å². The lowest BCUT2D eigenvalue weighted by molar-refractivity contribution is -0.870. The van der Waals surface area contributed by atoms with Crippen LogP contribution in [-0.2, 0) is 18.4 Å². The summed E-state index contributed by atoms with van der Waals surface area (Å²) in [6, 6.07) is -0.762. The van der Waals surface area contributed by atoms with E-state index in [4.69, 9.17) is 9.05 Å². The standard InChI is InChI=1S/C69H133N2O6P/c1-6-8-10-12-14-16-18-20-22-24-26-28-30-32-33-34-35-36-37-39-41-43-45-47-49-51-53-55-57-59-61-63-69(73)70-67(66-77-78(74,75)76-65-64-71(3,4)5)68(72)62-60-58-56-54-52-50-48-46-44-42-40-38-31-29-27-25-23-21-19-17-15-13-11-9-7-2/h8,10,14,16,20,22,26,28,67-68,72H,6-7,9,11-13,15,17-19,21,23-25,27,29-66H2,1-5H3,(H-,70,73,74,75)/p+1/b10-8-,16-14-,22-20-,28-26-. The molecule has 0 rings (SSSR count). The van der Waals surface area contributed by atoms with Gasteiger partial charge in [0.15, 0.2) is 0 Å². The zero-order chi connectivity index (χ0) is 57.0. The molecule has 460 valence electrons. The number of nitrogens with zero attached hydrogens (tertiary/aromatic N) is 1. The van der Waals surface area contributed by atoms with Gasteiger partial charge >= 0.3 is 7.82 Å². The lowest BCUT2D eigenvalue weighted by Crippen LogP contribution is -2.46. The van der Waals surface area contributed by atoms with Gasteiger partial charge in [0.25, 0.3) is 0 Å². The molecule has 9 heteroatoms.